The predicted octanol–water partition coefficient (Wildman–Crippen LogP) is 2.67. The van der Waals surface area contributed by atoms with Crippen LogP contribution in [0.2, 0.25) is 0 Å². The highest BCUT2D eigenvalue weighted by Gasteiger charge is 2.25. The van der Waals surface area contributed by atoms with Crippen LogP contribution in [-0.2, 0) is 11.8 Å². The van der Waals surface area contributed by atoms with Crippen LogP contribution in [0.4, 0.5) is 0 Å². The van der Waals surface area contributed by atoms with E-state index in [9.17, 15) is 4.79 Å². The topological polar surface area (TPSA) is 64.2 Å². The Labute approximate surface area is 140 Å². The van der Waals surface area contributed by atoms with Gasteiger partial charge in [-0.25, -0.2) is 0 Å². The van der Waals surface area contributed by atoms with E-state index in [2.05, 4.69) is 24.0 Å². The maximum atomic E-state index is 12.4. The summed E-state index contributed by atoms with van der Waals surface area (Å²) in [5.74, 6) is 3.07. The fourth-order valence-electron chi connectivity index (χ4n) is 3.15. The van der Waals surface area contributed by atoms with E-state index < -0.39 is 0 Å². The molecule has 23 heavy (non-hydrogen) atoms. The van der Waals surface area contributed by atoms with Crippen LogP contribution >= 0.6 is 11.8 Å². The van der Waals surface area contributed by atoms with E-state index in [1.54, 1.807) is 6.26 Å². The molecule has 0 radical (unpaired) electrons. The first-order valence-corrected chi connectivity index (χ1v) is 8.87. The summed E-state index contributed by atoms with van der Waals surface area (Å²) in [5, 5.41) is 9.03. The summed E-state index contributed by atoms with van der Waals surface area (Å²) < 4.78 is 7.21. The van der Waals surface area contributed by atoms with Gasteiger partial charge in [-0.05, 0) is 30.4 Å². The van der Waals surface area contributed by atoms with Crippen molar-refractivity contribution in [2.24, 2.45) is 18.9 Å². The zero-order valence-corrected chi connectivity index (χ0v) is 14.5. The van der Waals surface area contributed by atoms with Crippen molar-refractivity contribution in [3.8, 4) is 11.6 Å². The Hall–Kier alpha value is -1.76. The largest absolute Gasteiger partial charge is 0.461 e. The molecule has 2 aromatic heterocycles. The number of piperidine rings is 1. The standard InChI is InChI=1S/C16H22N4O2S/c1-11-7-12(2)9-20(8-11)14(21)10-23-16-18-17-15(19(16)3)13-5-4-6-22-13/h4-6,11-12H,7-10H2,1-3H3. The maximum absolute atomic E-state index is 12.4. The van der Waals surface area contributed by atoms with E-state index in [0.29, 0.717) is 29.2 Å². The molecule has 0 aliphatic carbocycles. The Kier molecular flexibility index (Phi) is 4.75. The summed E-state index contributed by atoms with van der Waals surface area (Å²) in [6.45, 7) is 6.14. The van der Waals surface area contributed by atoms with Crippen LogP contribution in [-0.4, -0.2) is 44.4 Å². The fraction of sp³-hybridized carbons (Fsp3) is 0.562. The minimum Gasteiger partial charge on any atom is -0.461 e. The highest BCUT2D eigenvalue weighted by Crippen LogP contribution is 2.25. The molecule has 3 rings (SSSR count). The van der Waals surface area contributed by atoms with Gasteiger partial charge in [0.2, 0.25) is 5.91 Å². The van der Waals surface area contributed by atoms with Crippen LogP contribution in [0.25, 0.3) is 11.6 Å². The van der Waals surface area contributed by atoms with Crippen molar-refractivity contribution in [3.63, 3.8) is 0 Å². The third-order valence-electron chi connectivity index (χ3n) is 4.12. The molecule has 1 fully saturated rings. The minimum atomic E-state index is 0.177. The average molecular weight is 334 g/mol. The Bertz CT molecular complexity index is 658. The monoisotopic (exact) mass is 334 g/mol. The molecule has 0 saturated carbocycles. The van der Waals surface area contributed by atoms with Gasteiger partial charge in [0, 0.05) is 20.1 Å². The summed E-state index contributed by atoms with van der Waals surface area (Å²) >= 11 is 1.43. The van der Waals surface area contributed by atoms with Crippen molar-refractivity contribution in [2.75, 3.05) is 18.8 Å². The first kappa shape index (κ1) is 16.1. The molecule has 124 valence electrons. The third kappa shape index (κ3) is 3.60. The number of likely N-dealkylation sites (tertiary alicyclic amines) is 1. The maximum Gasteiger partial charge on any atom is 0.233 e. The van der Waals surface area contributed by atoms with Crippen LogP contribution < -0.4 is 0 Å². The van der Waals surface area contributed by atoms with E-state index in [1.807, 2.05) is 28.6 Å². The van der Waals surface area contributed by atoms with Crippen molar-refractivity contribution in [1.29, 1.82) is 0 Å². The van der Waals surface area contributed by atoms with Gasteiger partial charge in [-0.2, -0.15) is 0 Å². The van der Waals surface area contributed by atoms with Crippen LogP contribution in [0.3, 0.4) is 0 Å². The number of aromatic nitrogens is 3. The highest BCUT2D eigenvalue weighted by molar-refractivity contribution is 7.99. The predicted molar refractivity (Wildman–Crippen MR) is 89.0 cm³/mol. The summed E-state index contributed by atoms with van der Waals surface area (Å²) in [5.41, 5.74) is 0. The van der Waals surface area contributed by atoms with Gasteiger partial charge in [0.1, 0.15) is 0 Å². The number of rotatable bonds is 4. The van der Waals surface area contributed by atoms with Gasteiger partial charge >= 0.3 is 0 Å². The molecule has 7 heteroatoms. The fourth-order valence-corrected chi connectivity index (χ4v) is 3.96. The number of hydrogen-bond donors (Lipinski definition) is 0. The van der Waals surface area contributed by atoms with E-state index in [4.69, 9.17) is 4.42 Å². The van der Waals surface area contributed by atoms with Crippen molar-refractivity contribution in [2.45, 2.75) is 25.4 Å². The van der Waals surface area contributed by atoms with Crippen molar-refractivity contribution in [3.05, 3.63) is 18.4 Å². The summed E-state index contributed by atoms with van der Waals surface area (Å²) in [6.07, 6.45) is 2.81. The van der Waals surface area contributed by atoms with E-state index in [-0.39, 0.29) is 5.91 Å². The number of furan rings is 1. The molecule has 2 aromatic rings. The summed E-state index contributed by atoms with van der Waals surface area (Å²) in [7, 11) is 1.88. The number of carbonyl (C=O) groups is 1. The van der Waals surface area contributed by atoms with Gasteiger partial charge in [0.25, 0.3) is 0 Å². The minimum absolute atomic E-state index is 0.177. The van der Waals surface area contributed by atoms with Gasteiger partial charge in [-0.15, -0.1) is 10.2 Å². The van der Waals surface area contributed by atoms with E-state index in [1.165, 1.54) is 18.2 Å². The molecule has 1 amide bonds. The zero-order valence-electron chi connectivity index (χ0n) is 13.7. The van der Waals surface area contributed by atoms with Crippen LogP contribution in [0.15, 0.2) is 28.0 Å². The first-order chi connectivity index (χ1) is 11.0. The molecule has 2 atom stereocenters. The van der Waals surface area contributed by atoms with E-state index >= 15 is 0 Å². The molecular weight excluding hydrogens is 312 g/mol. The first-order valence-electron chi connectivity index (χ1n) is 7.88. The molecule has 0 bridgehead atoms. The van der Waals surface area contributed by atoms with Gasteiger partial charge in [-0.3, -0.25) is 4.79 Å². The van der Waals surface area contributed by atoms with Crippen LogP contribution in [0.1, 0.15) is 20.3 Å². The summed E-state index contributed by atoms with van der Waals surface area (Å²) in [4.78, 5) is 14.4. The lowest BCUT2D eigenvalue weighted by atomic mass is 9.92. The van der Waals surface area contributed by atoms with Crippen LogP contribution in [0.5, 0.6) is 0 Å². The van der Waals surface area contributed by atoms with Gasteiger partial charge in [0.15, 0.2) is 16.7 Å². The normalized spacial score (nSPS) is 21.6. The van der Waals surface area contributed by atoms with E-state index in [0.717, 1.165) is 18.2 Å². The highest BCUT2D eigenvalue weighted by atomic mass is 32.2. The number of thioether (sulfide) groups is 1. The molecular formula is C16H22N4O2S. The Morgan fingerprint density at radius 1 is 1.35 bits per heavy atom. The third-order valence-corrected chi connectivity index (χ3v) is 5.13. The van der Waals surface area contributed by atoms with Crippen molar-refractivity contribution >= 4 is 17.7 Å². The second-order valence-electron chi connectivity index (χ2n) is 6.38. The number of nitrogens with zero attached hydrogens (tertiary/aromatic N) is 4. The van der Waals surface area contributed by atoms with Crippen molar-refractivity contribution in [1.82, 2.24) is 19.7 Å². The molecule has 0 spiro atoms. The lowest BCUT2D eigenvalue weighted by Gasteiger charge is -2.34. The Morgan fingerprint density at radius 2 is 2.09 bits per heavy atom. The zero-order chi connectivity index (χ0) is 16.4. The second kappa shape index (κ2) is 6.78. The average Bonchev–Trinajstić information content (AvgIpc) is 3.13. The van der Waals surface area contributed by atoms with Gasteiger partial charge < -0.3 is 13.9 Å². The second-order valence-corrected chi connectivity index (χ2v) is 7.32. The Balaban J connectivity index is 1.61. The molecule has 1 aliphatic rings. The lowest BCUT2D eigenvalue weighted by Crippen LogP contribution is -2.43. The molecule has 1 saturated heterocycles. The molecule has 3 heterocycles. The quantitative estimate of drug-likeness (QED) is 0.804. The number of hydrogen-bond acceptors (Lipinski definition) is 5. The molecule has 0 N–H and O–H groups in total. The lowest BCUT2D eigenvalue weighted by molar-refractivity contribution is -0.130. The molecule has 6 nitrogen and oxygen atoms in total. The molecule has 1 aliphatic heterocycles. The molecule has 0 aromatic carbocycles. The summed E-state index contributed by atoms with van der Waals surface area (Å²) in [6, 6.07) is 3.67. The van der Waals surface area contributed by atoms with Crippen LogP contribution in [0, 0.1) is 11.8 Å². The SMILES string of the molecule is CC1CC(C)CN(C(=O)CSc2nnc(-c3ccco3)n2C)C1. The van der Waals surface area contributed by atoms with Gasteiger partial charge in [-0.1, -0.05) is 25.6 Å². The number of amides is 1. The number of carbonyl (C=O) groups excluding carboxylic acids is 1. The smallest absolute Gasteiger partial charge is 0.233 e. The van der Waals surface area contributed by atoms with Gasteiger partial charge in [0.05, 0.1) is 12.0 Å². The Morgan fingerprint density at radius 3 is 2.74 bits per heavy atom. The van der Waals surface area contributed by atoms with Crippen molar-refractivity contribution < 1.29 is 9.21 Å². The molecule has 2 unspecified atom stereocenters.